The molecule has 0 N–H and O–H groups in total. The van der Waals surface area contributed by atoms with Crippen LogP contribution in [-0.4, -0.2) is 44.9 Å². The Labute approximate surface area is 166 Å². The van der Waals surface area contributed by atoms with E-state index in [-0.39, 0.29) is 18.1 Å². The molecule has 0 aliphatic heterocycles. The van der Waals surface area contributed by atoms with Crippen molar-refractivity contribution in [2.24, 2.45) is 0 Å². The lowest BCUT2D eigenvalue weighted by Crippen LogP contribution is -2.29. The summed E-state index contributed by atoms with van der Waals surface area (Å²) in [4.78, 5) is 13.8. The fourth-order valence-electron chi connectivity index (χ4n) is 2.57. The van der Waals surface area contributed by atoms with Gasteiger partial charge in [0, 0.05) is 19.3 Å². The monoisotopic (exact) mass is 395 g/mol. The van der Waals surface area contributed by atoms with Gasteiger partial charge in [0.15, 0.2) is 11.0 Å². The van der Waals surface area contributed by atoms with Gasteiger partial charge in [-0.2, -0.15) is 5.26 Å². The fraction of sp³-hybridized carbons (Fsp3) is 0.200. The topological polar surface area (TPSA) is 74.8 Å². The fourth-order valence-corrected chi connectivity index (χ4v) is 3.46. The highest BCUT2D eigenvalue weighted by atomic mass is 32.2. The Morgan fingerprint density at radius 2 is 1.89 bits per heavy atom. The molecule has 28 heavy (non-hydrogen) atoms. The van der Waals surface area contributed by atoms with Crippen LogP contribution in [0.25, 0.3) is 17.1 Å². The number of nitrogens with zero attached hydrogens (tertiary/aromatic N) is 5. The van der Waals surface area contributed by atoms with Crippen LogP contribution in [0, 0.1) is 17.1 Å². The van der Waals surface area contributed by atoms with E-state index in [9.17, 15) is 9.18 Å². The average Bonchev–Trinajstić information content (AvgIpc) is 3.14. The predicted molar refractivity (Wildman–Crippen MR) is 105 cm³/mol. The highest BCUT2D eigenvalue weighted by molar-refractivity contribution is 7.99. The Hall–Kier alpha value is -3.18. The van der Waals surface area contributed by atoms with Crippen LogP contribution < -0.4 is 0 Å². The van der Waals surface area contributed by atoms with Gasteiger partial charge in [-0.15, -0.1) is 10.2 Å². The van der Waals surface area contributed by atoms with Gasteiger partial charge in [-0.3, -0.25) is 9.36 Å². The Morgan fingerprint density at radius 3 is 2.61 bits per heavy atom. The van der Waals surface area contributed by atoms with Crippen LogP contribution in [0.1, 0.15) is 6.42 Å². The second-order valence-electron chi connectivity index (χ2n) is 5.97. The van der Waals surface area contributed by atoms with Gasteiger partial charge in [0.2, 0.25) is 5.91 Å². The summed E-state index contributed by atoms with van der Waals surface area (Å²) in [6, 6.07) is 17.8. The standard InChI is InChI=1S/C20H18FN5OS/c1-25(13-7-12-22)18(27)14-28-20-24-23-19(16-10-5-6-11-17(16)21)26(20)15-8-3-2-4-9-15/h2-6,8-11H,7,13-14H2,1H3. The van der Waals surface area contributed by atoms with Crippen molar-refractivity contribution < 1.29 is 9.18 Å². The molecule has 0 aliphatic rings. The molecule has 0 radical (unpaired) electrons. The molecule has 0 unspecified atom stereocenters. The van der Waals surface area contributed by atoms with Gasteiger partial charge in [0.1, 0.15) is 5.82 Å². The molecule has 0 bridgehead atoms. The molecule has 8 heteroatoms. The third kappa shape index (κ3) is 4.38. The third-order valence-electron chi connectivity index (χ3n) is 4.07. The second kappa shape index (κ2) is 9.15. The van der Waals surface area contributed by atoms with Crippen LogP contribution >= 0.6 is 11.8 Å². The maximum Gasteiger partial charge on any atom is 0.232 e. The van der Waals surface area contributed by atoms with Crippen molar-refractivity contribution >= 4 is 17.7 Å². The van der Waals surface area contributed by atoms with E-state index in [1.807, 2.05) is 36.4 Å². The number of benzene rings is 2. The smallest absolute Gasteiger partial charge is 0.232 e. The van der Waals surface area contributed by atoms with Crippen molar-refractivity contribution in [2.75, 3.05) is 19.3 Å². The summed E-state index contributed by atoms with van der Waals surface area (Å²) < 4.78 is 16.1. The molecule has 3 rings (SSSR count). The van der Waals surface area contributed by atoms with Crippen LogP contribution in [0.15, 0.2) is 59.8 Å². The number of rotatable bonds is 7. The van der Waals surface area contributed by atoms with Crippen molar-refractivity contribution in [3.63, 3.8) is 0 Å². The molecule has 0 atom stereocenters. The van der Waals surface area contributed by atoms with Crippen LogP contribution in [-0.2, 0) is 4.79 Å². The molecular weight excluding hydrogens is 377 g/mol. The van der Waals surface area contributed by atoms with Gasteiger partial charge >= 0.3 is 0 Å². The van der Waals surface area contributed by atoms with Gasteiger partial charge in [0.05, 0.1) is 23.8 Å². The lowest BCUT2D eigenvalue weighted by Gasteiger charge is -2.15. The summed E-state index contributed by atoms with van der Waals surface area (Å²) in [6.45, 7) is 0.377. The molecule has 0 spiro atoms. The number of hydrogen-bond acceptors (Lipinski definition) is 5. The summed E-state index contributed by atoms with van der Waals surface area (Å²) in [6.07, 6.45) is 0.282. The number of halogens is 1. The molecule has 3 aromatic rings. The summed E-state index contributed by atoms with van der Waals surface area (Å²) in [5.74, 6) is 0.00722. The van der Waals surface area contributed by atoms with Gasteiger partial charge in [0.25, 0.3) is 0 Å². The molecule has 0 saturated carbocycles. The Kier molecular flexibility index (Phi) is 6.40. The van der Waals surface area contributed by atoms with E-state index in [2.05, 4.69) is 10.2 Å². The van der Waals surface area contributed by atoms with Crippen molar-refractivity contribution in [3.05, 3.63) is 60.4 Å². The zero-order chi connectivity index (χ0) is 19.9. The first-order valence-electron chi connectivity index (χ1n) is 8.61. The molecule has 0 aliphatic carbocycles. The molecule has 6 nitrogen and oxygen atoms in total. The molecule has 2 aromatic carbocycles. The SMILES string of the molecule is CN(CCC#N)C(=O)CSc1nnc(-c2ccccc2F)n1-c1ccccc1. The number of aromatic nitrogens is 3. The first-order chi connectivity index (χ1) is 13.6. The quantitative estimate of drug-likeness (QED) is 0.572. The number of carbonyl (C=O) groups is 1. The minimum absolute atomic E-state index is 0.115. The Morgan fingerprint density at radius 1 is 1.18 bits per heavy atom. The summed E-state index contributed by atoms with van der Waals surface area (Å²) in [5, 5.41) is 17.5. The van der Waals surface area contributed by atoms with E-state index in [0.29, 0.717) is 23.1 Å². The van der Waals surface area contributed by atoms with Crippen molar-refractivity contribution in [2.45, 2.75) is 11.6 Å². The average molecular weight is 395 g/mol. The van der Waals surface area contributed by atoms with E-state index in [4.69, 9.17) is 5.26 Å². The molecule has 0 fully saturated rings. The lowest BCUT2D eigenvalue weighted by atomic mass is 10.2. The van der Waals surface area contributed by atoms with E-state index >= 15 is 0 Å². The van der Waals surface area contributed by atoms with Crippen LogP contribution in [0.3, 0.4) is 0 Å². The minimum atomic E-state index is -0.393. The maximum absolute atomic E-state index is 14.3. The zero-order valence-corrected chi connectivity index (χ0v) is 16.1. The van der Waals surface area contributed by atoms with Crippen molar-refractivity contribution in [3.8, 4) is 23.1 Å². The van der Waals surface area contributed by atoms with E-state index < -0.39 is 5.82 Å². The molecule has 1 amide bonds. The summed E-state index contributed by atoms with van der Waals surface area (Å²) in [7, 11) is 1.66. The van der Waals surface area contributed by atoms with Crippen LogP contribution in [0.2, 0.25) is 0 Å². The first kappa shape index (κ1) is 19.6. The number of amides is 1. The van der Waals surface area contributed by atoms with E-state index in [1.165, 1.54) is 22.7 Å². The Balaban J connectivity index is 1.91. The highest BCUT2D eigenvalue weighted by Gasteiger charge is 2.20. The molecular formula is C20H18FN5OS. The zero-order valence-electron chi connectivity index (χ0n) is 15.2. The van der Waals surface area contributed by atoms with E-state index in [1.54, 1.807) is 29.8 Å². The maximum atomic E-state index is 14.3. The minimum Gasteiger partial charge on any atom is -0.344 e. The largest absolute Gasteiger partial charge is 0.344 e. The second-order valence-corrected chi connectivity index (χ2v) is 6.91. The molecule has 0 saturated heterocycles. The summed E-state index contributed by atoms with van der Waals surface area (Å²) >= 11 is 1.23. The number of nitriles is 1. The number of carbonyl (C=O) groups excluding carboxylic acids is 1. The van der Waals surface area contributed by atoms with Gasteiger partial charge in [-0.25, -0.2) is 4.39 Å². The molecule has 1 heterocycles. The first-order valence-corrected chi connectivity index (χ1v) is 9.60. The van der Waals surface area contributed by atoms with E-state index in [0.717, 1.165) is 5.69 Å². The Bertz CT molecular complexity index is 999. The highest BCUT2D eigenvalue weighted by Crippen LogP contribution is 2.29. The molecule has 142 valence electrons. The normalized spacial score (nSPS) is 10.5. The number of para-hydroxylation sites is 1. The van der Waals surface area contributed by atoms with Crippen molar-refractivity contribution in [1.29, 1.82) is 5.26 Å². The molecule has 1 aromatic heterocycles. The number of thioether (sulfide) groups is 1. The van der Waals surface area contributed by atoms with Gasteiger partial charge in [-0.1, -0.05) is 42.1 Å². The van der Waals surface area contributed by atoms with Crippen LogP contribution in [0.4, 0.5) is 4.39 Å². The van der Waals surface area contributed by atoms with Crippen molar-refractivity contribution in [1.82, 2.24) is 19.7 Å². The van der Waals surface area contributed by atoms with Gasteiger partial charge in [-0.05, 0) is 24.3 Å². The summed E-state index contributed by atoms with van der Waals surface area (Å²) in [5.41, 5.74) is 1.11. The van der Waals surface area contributed by atoms with Gasteiger partial charge < -0.3 is 4.90 Å². The lowest BCUT2D eigenvalue weighted by molar-refractivity contribution is -0.127. The van der Waals surface area contributed by atoms with Crippen LogP contribution in [0.5, 0.6) is 0 Å². The number of hydrogen-bond donors (Lipinski definition) is 0. The predicted octanol–water partition coefficient (Wildman–Crippen LogP) is 3.54. The third-order valence-corrected chi connectivity index (χ3v) is 4.99.